The highest BCUT2D eigenvalue weighted by Gasteiger charge is 2.39. The van der Waals surface area contributed by atoms with E-state index in [1.807, 2.05) is 51.1 Å². The normalized spacial score (nSPS) is 14.7. The van der Waals surface area contributed by atoms with E-state index in [-0.39, 0.29) is 31.6 Å². The predicted molar refractivity (Wildman–Crippen MR) is 181 cm³/mol. The van der Waals surface area contributed by atoms with Gasteiger partial charge in [0.25, 0.3) is 11.8 Å². The molecule has 0 fully saturated rings. The van der Waals surface area contributed by atoms with E-state index in [1.54, 1.807) is 13.1 Å². The van der Waals surface area contributed by atoms with Crippen LogP contribution in [0.2, 0.25) is 0 Å². The molecule has 0 radical (unpaired) electrons. The fraction of sp³-hybridized carbons (Fsp3) is 0.389. The zero-order chi connectivity index (χ0) is 37.5. The molecule has 1 aliphatic rings. The highest BCUT2D eigenvalue weighted by molar-refractivity contribution is 6.12. The van der Waals surface area contributed by atoms with Crippen LogP contribution in [0.3, 0.4) is 0 Å². The standard InChI is InChI=1S/C36H42F2N6O7/c1-22(14-16-42-29(46)12-13-30(42)47)39-34(49)27(40-35(50)51)15-17-43(31(48)21-45)33(36(2,3)4)32-24(18-23-8-6-5-7-9-23)20-44(41-32)28-19-25(37)10-11-26(28)38/h5-13,19-20,22,27,33,40,45H,14-18,21H2,1-4H3,(H,39,49)(H,50,51)/t22?,27-,33-/m0/s1. The largest absolute Gasteiger partial charge is 0.465 e. The third kappa shape index (κ3) is 9.84. The van der Waals surface area contributed by atoms with Crippen LogP contribution in [0.1, 0.15) is 63.4 Å². The smallest absolute Gasteiger partial charge is 0.405 e. The first-order chi connectivity index (χ1) is 24.1. The Kier molecular flexibility index (Phi) is 12.4. The van der Waals surface area contributed by atoms with Crippen LogP contribution in [0.15, 0.2) is 66.9 Å². The molecule has 0 aliphatic carbocycles. The van der Waals surface area contributed by atoms with Crippen LogP contribution in [-0.4, -0.2) is 91.3 Å². The Morgan fingerprint density at radius 3 is 2.25 bits per heavy atom. The topological polar surface area (TPSA) is 174 Å². The molecule has 0 saturated heterocycles. The van der Waals surface area contributed by atoms with Crippen LogP contribution >= 0.6 is 0 Å². The maximum atomic E-state index is 15.0. The maximum absolute atomic E-state index is 15.0. The number of aliphatic hydroxyl groups is 1. The van der Waals surface area contributed by atoms with Crippen molar-refractivity contribution in [1.82, 2.24) is 30.2 Å². The summed E-state index contributed by atoms with van der Waals surface area (Å²) in [5.74, 6) is -3.79. The molecule has 0 saturated carbocycles. The lowest BCUT2D eigenvalue weighted by atomic mass is 9.81. The number of carbonyl (C=O) groups excluding carboxylic acids is 4. The number of aliphatic hydroxyl groups excluding tert-OH is 1. The zero-order valence-electron chi connectivity index (χ0n) is 28.8. The number of amides is 5. The minimum atomic E-state index is -1.49. The Labute approximate surface area is 293 Å². The number of imide groups is 1. The van der Waals surface area contributed by atoms with Crippen molar-refractivity contribution in [3.05, 3.63) is 95.3 Å². The molecule has 0 spiro atoms. The Hall–Kier alpha value is -5.44. The summed E-state index contributed by atoms with van der Waals surface area (Å²) in [5, 5.41) is 29.2. The van der Waals surface area contributed by atoms with Gasteiger partial charge < -0.3 is 25.7 Å². The first-order valence-corrected chi connectivity index (χ1v) is 16.4. The molecule has 4 N–H and O–H groups in total. The highest BCUT2D eigenvalue weighted by Crippen LogP contribution is 2.40. The number of carboxylic acid groups (broad SMARTS) is 1. The van der Waals surface area contributed by atoms with E-state index in [2.05, 4.69) is 15.7 Å². The molecule has 1 aromatic heterocycles. The van der Waals surface area contributed by atoms with Crippen molar-refractivity contribution in [3.8, 4) is 5.69 Å². The van der Waals surface area contributed by atoms with Gasteiger partial charge in [0.15, 0.2) is 0 Å². The molecule has 51 heavy (non-hydrogen) atoms. The second kappa shape index (κ2) is 16.5. The minimum absolute atomic E-state index is 0.0344. The van der Waals surface area contributed by atoms with E-state index >= 15 is 0 Å². The van der Waals surface area contributed by atoms with Crippen LogP contribution in [0.5, 0.6) is 0 Å². The van der Waals surface area contributed by atoms with Gasteiger partial charge in [-0.05, 0) is 42.9 Å². The van der Waals surface area contributed by atoms with Gasteiger partial charge in [-0.15, -0.1) is 0 Å². The SMILES string of the molecule is CC(CCN1C(=O)C=CC1=O)NC(=O)[C@H](CCN(C(=O)CO)[C@@H](c1nn(-c2cc(F)ccc2F)cc1Cc1ccccc1)C(C)(C)C)NC(=O)O. The number of aromatic nitrogens is 2. The average molecular weight is 709 g/mol. The third-order valence-corrected chi connectivity index (χ3v) is 8.41. The molecule has 1 unspecified atom stereocenters. The predicted octanol–water partition coefficient (Wildman–Crippen LogP) is 3.50. The van der Waals surface area contributed by atoms with Crippen molar-refractivity contribution in [2.75, 3.05) is 19.7 Å². The van der Waals surface area contributed by atoms with Gasteiger partial charge in [0.05, 0.1) is 11.7 Å². The van der Waals surface area contributed by atoms with E-state index in [9.17, 15) is 43.0 Å². The summed E-state index contributed by atoms with van der Waals surface area (Å²) in [7, 11) is 0. The van der Waals surface area contributed by atoms with E-state index in [0.717, 1.165) is 40.8 Å². The highest BCUT2D eigenvalue weighted by atomic mass is 19.1. The van der Waals surface area contributed by atoms with Gasteiger partial charge in [-0.3, -0.25) is 24.1 Å². The maximum Gasteiger partial charge on any atom is 0.405 e. The monoisotopic (exact) mass is 708 g/mol. The lowest BCUT2D eigenvalue weighted by Crippen LogP contribution is -2.51. The molecular weight excluding hydrogens is 666 g/mol. The molecule has 2 heterocycles. The zero-order valence-corrected chi connectivity index (χ0v) is 28.8. The summed E-state index contributed by atoms with van der Waals surface area (Å²) >= 11 is 0. The van der Waals surface area contributed by atoms with E-state index in [1.165, 1.54) is 9.58 Å². The van der Waals surface area contributed by atoms with Crippen molar-refractivity contribution < 1.29 is 43.0 Å². The number of nitrogens with one attached hydrogen (secondary N) is 2. The molecule has 5 amide bonds. The summed E-state index contributed by atoms with van der Waals surface area (Å²) in [4.78, 5) is 64.7. The Morgan fingerprint density at radius 2 is 1.65 bits per heavy atom. The summed E-state index contributed by atoms with van der Waals surface area (Å²) in [6.45, 7) is 6.03. The molecule has 15 heteroatoms. The van der Waals surface area contributed by atoms with Crippen molar-refractivity contribution in [1.29, 1.82) is 0 Å². The second-order valence-electron chi connectivity index (χ2n) is 13.4. The third-order valence-electron chi connectivity index (χ3n) is 8.41. The molecule has 272 valence electrons. The molecule has 2 aromatic carbocycles. The summed E-state index contributed by atoms with van der Waals surface area (Å²) in [6.07, 6.45) is 2.65. The number of hydrogen-bond acceptors (Lipinski definition) is 7. The first kappa shape index (κ1) is 38.4. The van der Waals surface area contributed by atoms with E-state index in [0.29, 0.717) is 17.7 Å². The summed E-state index contributed by atoms with van der Waals surface area (Å²) in [5.41, 5.74) is 0.837. The molecule has 13 nitrogen and oxygen atoms in total. The number of halogens is 2. The van der Waals surface area contributed by atoms with Crippen molar-refractivity contribution in [2.45, 2.75) is 65.1 Å². The van der Waals surface area contributed by atoms with Gasteiger partial charge in [0.1, 0.15) is 30.0 Å². The Bertz CT molecular complexity index is 1770. The Morgan fingerprint density at radius 1 is 0.980 bits per heavy atom. The van der Waals surface area contributed by atoms with Gasteiger partial charge in [-0.25, -0.2) is 18.3 Å². The van der Waals surface area contributed by atoms with Crippen LogP contribution in [-0.2, 0) is 25.6 Å². The first-order valence-electron chi connectivity index (χ1n) is 16.4. The second-order valence-corrected chi connectivity index (χ2v) is 13.4. The Balaban J connectivity index is 1.65. The number of benzene rings is 2. The molecular formula is C36H42F2N6O7. The molecule has 1 aliphatic heterocycles. The van der Waals surface area contributed by atoms with Crippen LogP contribution in [0.25, 0.3) is 5.69 Å². The fourth-order valence-corrected chi connectivity index (χ4v) is 5.98. The molecule has 3 aromatic rings. The van der Waals surface area contributed by atoms with E-state index in [4.69, 9.17) is 0 Å². The van der Waals surface area contributed by atoms with Gasteiger partial charge in [-0.1, -0.05) is 51.1 Å². The van der Waals surface area contributed by atoms with Crippen LogP contribution in [0, 0.1) is 17.0 Å². The lowest BCUT2D eigenvalue weighted by molar-refractivity contribution is -0.140. The quantitative estimate of drug-likeness (QED) is 0.174. The molecule has 4 rings (SSSR count). The van der Waals surface area contributed by atoms with Crippen molar-refractivity contribution in [3.63, 3.8) is 0 Å². The average Bonchev–Trinajstić information content (AvgIpc) is 3.62. The van der Waals surface area contributed by atoms with E-state index < -0.39 is 71.5 Å². The van der Waals surface area contributed by atoms with Gasteiger partial charge in [0.2, 0.25) is 11.8 Å². The lowest BCUT2D eigenvalue weighted by Gasteiger charge is -2.40. The summed E-state index contributed by atoms with van der Waals surface area (Å²) < 4.78 is 30.5. The fourth-order valence-electron chi connectivity index (χ4n) is 5.98. The van der Waals surface area contributed by atoms with Crippen molar-refractivity contribution >= 4 is 29.7 Å². The molecule has 3 atom stereocenters. The van der Waals surface area contributed by atoms with Crippen molar-refractivity contribution in [2.24, 2.45) is 5.41 Å². The number of carbonyl (C=O) groups is 5. The number of nitrogens with zero attached hydrogens (tertiary/aromatic N) is 4. The van der Waals surface area contributed by atoms with Crippen LogP contribution in [0.4, 0.5) is 13.6 Å². The molecule has 0 bridgehead atoms. The van der Waals surface area contributed by atoms with Gasteiger partial charge in [0, 0.05) is 55.5 Å². The minimum Gasteiger partial charge on any atom is -0.465 e. The van der Waals surface area contributed by atoms with Gasteiger partial charge >= 0.3 is 6.09 Å². The van der Waals surface area contributed by atoms with Gasteiger partial charge in [-0.2, -0.15) is 5.10 Å². The van der Waals surface area contributed by atoms with Crippen LogP contribution < -0.4 is 10.6 Å². The number of rotatable bonds is 15. The number of hydrogen-bond donors (Lipinski definition) is 4. The summed E-state index contributed by atoms with van der Waals surface area (Å²) in [6, 6.07) is 9.46.